The lowest BCUT2D eigenvalue weighted by atomic mass is 9.98. The van der Waals surface area contributed by atoms with Gasteiger partial charge in [0.1, 0.15) is 11.2 Å². The van der Waals surface area contributed by atoms with Crippen molar-refractivity contribution in [3.63, 3.8) is 0 Å². The molecule has 162 valence electrons. The number of carbonyl (C=O) groups is 1. The highest BCUT2D eigenvalue weighted by Crippen LogP contribution is 2.35. The van der Waals surface area contributed by atoms with Gasteiger partial charge in [-0.3, -0.25) is 14.8 Å². The molecule has 1 fully saturated rings. The first-order valence-electron chi connectivity index (χ1n) is 10.6. The summed E-state index contributed by atoms with van der Waals surface area (Å²) in [7, 11) is 0. The number of pyridine rings is 2. The molecule has 4 aromatic rings. The Morgan fingerprint density at radius 3 is 2.64 bits per heavy atom. The van der Waals surface area contributed by atoms with E-state index in [0.29, 0.717) is 42.7 Å². The smallest absolute Gasteiger partial charge is 0.246 e. The molecule has 0 N–H and O–H groups in total. The summed E-state index contributed by atoms with van der Waals surface area (Å²) in [5.41, 5.74) is 2.24. The van der Waals surface area contributed by atoms with E-state index in [1.807, 2.05) is 30.3 Å². The van der Waals surface area contributed by atoms with Gasteiger partial charge in [0.05, 0.1) is 11.6 Å². The molecule has 3 heterocycles. The molecule has 1 aliphatic rings. The van der Waals surface area contributed by atoms with Gasteiger partial charge in [0, 0.05) is 55.2 Å². The Hall–Kier alpha value is -4.31. The van der Waals surface area contributed by atoms with Crippen molar-refractivity contribution in [2.24, 2.45) is 0 Å². The van der Waals surface area contributed by atoms with Crippen molar-refractivity contribution in [3.05, 3.63) is 78.9 Å². The molecule has 1 saturated heterocycles. The number of amides is 1. The van der Waals surface area contributed by atoms with Gasteiger partial charge in [-0.15, -0.1) is 0 Å². The number of halogens is 1. The first-order valence-corrected chi connectivity index (χ1v) is 10.6. The number of nitrogens with zero attached hydrogens (tertiary/aromatic N) is 5. The van der Waals surface area contributed by atoms with E-state index in [2.05, 4.69) is 27.5 Å². The minimum atomic E-state index is -0.518. The third-order valence-corrected chi connectivity index (χ3v) is 6.06. The molecule has 2 aromatic carbocycles. The van der Waals surface area contributed by atoms with Crippen LogP contribution in [-0.4, -0.2) is 47.0 Å². The second kappa shape index (κ2) is 8.32. The van der Waals surface area contributed by atoms with Crippen molar-refractivity contribution in [1.29, 1.82) is 5.26 Å². The van der Waals surface area contributed by atoms with Crippen LogP contribution in [0.2, 0.25) is 0 Å². The standard InChI is InChI=1S/C26H20FN5O/c1-2-23(33)32-11-9-31(10-12-32)22-7-8-29-26-21(22)16-30-25(24(26)27)20-14-17(15-28)13-18-5-3-4-6-19(18)20/h2-8,13-14,16H,1,9-12H2. The second-order valence-electron chi connectivity index (χ2n) is 7.89. The summed E-state index contributed by atoms with van der Waals surface area (Å²) >= 11 is 0. The normalized spacial score (nSPS) is 13.8. The van der Waals surface area contributed by atoms with Gasteiger partial charge in [-0.1, -0.05) is 30.8 Å². The van der Waals surface area contributed by atoms with Crippen LogP contribution in [0.4, 0.5) is 10.1 Å². The van der Waals surface area contributed by atoms with E-state index in [-0.39, 0.29) is 17.1 Å². The van der Waals surface area contributed by atoms with Gasteiger partial charge in [0.15, 0.2) is 5.82 Å². The number of hydrogen-bond donors (Lipinski definition) is 0. The quantitative estimate of drug-likeness (QED) is 0.447. The second-order valence-corrected chi connectivity index (χ2v) is 7.89. The van der Waals surface area contributed by atoms with Gasteiger partial charge in [-0.25, -0.2) is 4.39 Å². The Morgan fingerprint density at radius 2 is 1.88 bits per heavy atom. The zero-order chi connectivity index (χ0) is 22.9. The van der Waals surface area contributed by atoms with Crippen LogP contribution in [0, 0.1) is 17.1 Å². The van der Waals surface area contributed by atoms with E-state index in [9.17, 15) is 10.1 Å². The van der Waals surface area contributed by atoms with Crippen molar-refractivity contribution in [3.8, 4) is 17.3 Å². The zero-order valence-electron chi connectivity index (χ0n) is 17.8. The Balaban J connectivity index is 1.59. The summed E-state index contributed by atoms with van der Waals surface area (Å²) in [5, 5.41) is 11.7. The molecule has 0 spiro atoms. The Kier molecular flexibility index (Phi) is 5.19. The molecule has 7 heteroatoms. The van der Waals surface area contributed by atoms with Gasteiger partial charge in [0.25, 0.3) is 0 Å². The summed E-state index contributed by atoms with van der Waals surface area (Å²) < 4.78 is 15.8. The third kappa shape index (κ3) is 3.56. The molecule has 0 aliphatic carbocycles. The molecule has 0 radical (unpaired) electrons. The van der Waals surface area contributed by atoms with Crippen molar-refractivity contribution in [2.45, 2.75) is 0 Å². The number of nitriles is 1. The van der Waals surface area contributed by atoms with Gasteiger partial charge in [-0.2, -0.15) is 5.26 Å². The van der Waals surface area contributed by atoms with Crippen LogP contribution in [0.15, 0.2) is 67.5 Å². The van der Waals surface area contributed by atoms with Crippen LogP contribution < -0.4 is 4.90 Å². The van der Waals surface area contributed by atoms with Crippen LogP contribution in [0.3, 0.4) is 0 Å². The number of hydrogen-bond acceptors (Lipinski definition) is 5. The average Bonchev–Trinajstić information content (AvgIpc) is 2.87. The summed E-state index contributed by atoms with van der Waals surface area (Å²) in [5.74, 6) is -0.603. The Bertz CT molecular complexity index is 1450. The molecule has 6 nitrogen and oxygen atoms in total. The number of benzene rings is 2. The average molecular weight is 437 g/mol. The summed E-state index contributed by atoms with van der Waals surface area (Å²) in [6, 6.07) is 15.0. The monoisotopic (exact) mass is 437 g/mol. The van der Waals surface area contributed by atoms with Gasteiger partial charge in [-0.05, 0) is 35.0 Å². The molecular formula is C26H20FN5O. The van der Waals surface area contributed by atoms with E-state index >= 15 is 4.39 Å². The number of anilines is 1. The highest BCUT2D eigenvalue weighted by molar-refractivity contribution is 6.00. The Labute approximate surface area is 190 Å². The van der Waals surface area contributed by atoms with E-state index in [4.69, 9.17) is 0 Å². The van der Waals surface area contributed by atoms with Gasteiger partial charge in [0.2, 0.25) is 5.91 Å². The minimum absolute atomic E-state index is 0.0848. The summed E-state index contributed by atoms with van der Waals surface area (Å²) in [6.07, 6.45) is 4.56. The fourth-order valence-electron chi connectivity index (χ4n) is 4.39. The van der Waals surface area contributed by atoms with Gasteiger partial charge < -0.3 is 9.80 Å². The number of fused-ring (bicyclic) bond motifs is 2. The van der Waals surface area contributed by atoms with Crippen molar-refractivity contribution in [2.75, 3.05) is 31.1 Å². The number of aromatic nitrogens is 2. The predicted molar refractivity (Wildman–Crippen MR) is 126 cm³/mol. The third-order valence-electron chi connectivity index (χ3n) is 6.06. The Morgan fingerprint density at radius 1 is 1.09 bits per heavy atom. The molecule has 0 saturated carbocycles. The molecule has 5 rings (SSSR count). The molecule has 1 amide bonds. The molecule has 2 aromatic heterocycles. The zero-order valence-corrected chi connectivity index (χ0v) is 17.8. The van der Waals surface area contributed by atoms with E-state index < -0.39 is 5.82 Å². The first kappa shape index (κ1) is 20.6. The van der Waals surface area contributed by atoms with Crippen LogP contribution in [0.5, 0.6) is 0 Å². The maximum Gasteiger partial charge on any atom is 0.246 e. The van der Waals surface area contributed by atoms with Crippen molar-refractivity contribution >= 4 is 33.3 Å². The molecular weight excluding hydrogens is 417 g/mol. The lowest BCUT2D eigenvalue weighted by Gasteiger charge is -2.36. The highest BCUT2D eigenvalue weighted by Gasteiger charge is 2.23. The van der Waals surface area contributed by atoms with Crippen LogP contribution >= 0.6 is 0 Å². The van der Waals surface area contributed by atoms with Crippen molar-refractivity contribution in [1.82, 2.24) is 14.9 Å². The lowest BCUT2D eigenvalue weighted by Crippen LogP contribution is -2.48. The van der Waals surface area contributed by atoms with Crippen LogP contribution in [-0.2, 0) is 4.79 Å². The molecule has 33 heavy (non-hydrogen) atoms. The van der Waals surface area contributed by atoms with Crippen LogP contribution in [0.25, 0.3) is 32.9 Å². The van der Waals surface area contributed by atoms with E-state index in [0.717, 1.165) is 16.5 Å². The molecule has 0 atom stereocenters. The predicted octanol–water partition coefficient (Wildman–Crippen LogP) is 4.30. The SMILES string of the molecule is C=CC(=O)N1CCN(c2ccnc3c(F)c(-c4cc(C#N)cc5ccccc45)ncc23)CC1. The fraction of sp³-hybridized carbons (Fsp3) is 0.154. The van der Waals surface area contributed by atoms with Gasteiger partial charge >= 0.3 is 0 Å². The van der Waals surface area contributed by atoms with Crippen LogP contribution in [0.1, 0.15) is 5.56 Å². The molecule has 1 aliphatic heterocycles. The summed E-state index contributed by atoms with van der Waals surface area (Å²) in [6.45, 7) is 5.92. The highest BCUT2D eigenvalue weighted by atomic mass is 19.1. The fourth-order valence-corrected chi connectivity index (χ4v) is 4.39. The number of piperazine rings is 1. The van der Waals surface area contributed by atoms with Crippen molar-refractivity contribution < 1.29 is 9.18 Å². The lowest BCUT2D eigenvalue weighted by molar-refractivity contribution is -0.126. The topological polar surface area (TPSA) is 73.1 Å². The number of carbonyl (C=O) groups excluding carboxylic acids is 1. The molecule has 0 unspecified atom stereocenters. The summed E-state index contributed by atoms with van der Waals surface area (Å²) in [4.78, 5) is 24.5. The first-order chi connectivity index (χ1) is 16.1. The maximum atomic E-state index is 15.8. The minimum Gasteiger partial charge on any atom is -0.367 e. The largest absolute Gasteiger partial charge is 0.367 e. The maximum absolute atomic E-state index is 15.8. The number of rotatable bonds is 3. The van der Waals surface area contributed by atoms with E-state index in [1.165, 1.54) is 6.08 Å². The van der Waals surface area contributed by atoms with E-state index in [1.54, 1.807) is 29.4 Å². The molecule has 0 bridgehead atoms.